The minimum Gasteiger partial charge on any atom is -0.465 e. The summed E-state index contributed by atoms with van der Waals surface area (Å²) >= 11 is 0. The van der Waals surface area contributed by atoms with Crippen molar-refractivity contribution in [1.82, 2.24) is 0 Å². The SMILES string of the molecule is CCCC(C)CNc1cccc(C(=O)OC)c1. The third-order valence-corrected chi connectivity index (χ3v) is 2.72. The molecule has 0 aliphatic carbocycles. The normalized spacial score (nSPS) is 11.9. The molecule has 0 aliphatic heterocycles. The van der Waals surface area contributed by atoms with Crippen LogP contribution >= 0.6 is 0 Å². The van der Waals surface area contributed by atoms with Gasteiger partial charge in [0.25, 0.3) is 0 Å². The summed E-state index contributed by atoms with van der Waals surface area (Å²) < 4.78 is 4.69. The van der Waals surface area contributed by atoms with Crippen LogP contribution in [0.4, 0.5) is 5.69 Å². The monoisotopic (exact) mass is 235 g/mol. The first-order valence-electron chi connectivity index (χ1n) is 6.09. The summed E-state index contributed by atoms with van der Waals surface area (Å²) in [6.45, 7) is 5.34. The topological polar surface area (TPSA) is 38.3 Å². The highest BCUT2D eigenvalue weighted by Crippen LogP contribution is 2.13. The Bertz CT molecular complexity index is 363. The van der Waals surface area contributed by atoms with Crippen LogP contribution in [0.15, 0.2) is 24.3 Å². The van der Waals surface area contributed by atoms with Gasteiger partial charge in [-0.1, -0.05) is 26.3 Å². The molecule has 0 saturated carbocycles. The van der Waals surface area contributed by atoms with Crippen LogP contribution in [0.1, 0.15) is 37.0 Å². The third kappa shape index (κ3) is 4.47. The maximum Gasteiger partial charge on any atom is 0.337 e. The maximum atomic E-state index is 11.4. The van der Waals surface area contributed by atoms with Gasteiger partial charge < -0.3 is 10.1 Å². The quantitative estimate of drug-likeness (QED) is 0.769. The fraction of sp³-hybridized carbons (Fsp3) is 0.500. The molecule has 1 aromatic carbocycles. The first-order valence-corrected chi connectivity index (χ1v) is 6.09. The van der Waals surface area contributed by atoms with Gasteiger partial charge in [-0.3, -0.25) is 0 Å². The third-order valence-electron chi connectivity index (χ3n) is 2.72. The summed E-state index contributed by atoms with van der Waals surface area (Å²) in [6.07, 6.45) is 2.41. The van der Waals surface area contributed by atoms with E-state index >= 15 is 0 Å². The highest BCUT2D eigenvalue weighted by Gasteiger charge is 2.06. The second-order valence-electron chi connectivity index (χ2n) is 4.35. The maximum absolute atomic E-state index is 11.4. The molecule has 3 heteroatoms. The Kier molecular flexibility index (Phi) is 5.53. The first kappa shape index (κ1) is 13.6. The van der Waals surface area contributed by atoms with Gasteiger partial charge in [-0.05, 0) is 30.5 Å². The van der Waals surface area contributed by atoms with Gasteiger partial charge >= 0.3 is 5.97 Å². The van der Waals surface area contributed by atoms with Crippen molar-refractivity contribution in [3.63, 3.8) is 0 Å². The van der Waals surface area contributed by atoms with Crippen LogP contribution in [0.5, 0.6) is 0 Å². The minimum atomic E-state index is -0.296. The van der Waals surface area contributed by atoms with Crippen molar-refractivity contribution >= 4 is 11.7 Å². The van der Waals surface area contributed by atoms with E-state index in [9.17, 15) is 4.79 Å². The largest absolute Gasteiger partial charge is 0.465 e. The number of carbonyl (C=O) groups is 1. The van der Waals surface area contributed by atoms with Crippen molar-refractivity contribution in [2.45, 2.75) is 26.7 Å². The van der Waals surface area contributed by atoms with E-state index in [1.165, 1.54) is 20.0 Å². The molecule has 1 unspecified atom stereocenters. The fourth-order valence-electron chi connectivity index (χ4n) is 1.76. The lowest BCUT2D eigenvalue weighted by atomic mass is 10.1. The number of benzene rings is 1. The zero-order chi connectivity index (χ0) is 12.7. The number of rotatable bonds is 6. The van der Waals surface area contributed by atoms with Crippen molar-refractivity contribution in [2.24, 2.45) is 5.92 Å². The zero-order valence-electron chi connectivity index (χ0n) is 10.8. The summed E-state index contributed by atoms with van der Waals surface area (Å²) in [7, 11) is 1.39. The molecular formula is C14H21NO2. The molecule has 3 nitrogen and oxygen atoms in total. The van der Waals surface area contributed by atoms with Crippen molar-refractivity contribution in [1.29, 1.82) is 0 Å². The zero-order valence-corrected chi connectivity index (χ0v) is 10.8. The van der Waals surface area contributed by atoms with E-state index in [-0.39, 0.29) is 5.97 Å². The Balaban J connectivity index is 2.57. The highest BCUT2D eigenvalue weighted by atomic mass is 16.5. The predicted octanol–water partition coefficient (Wildman–Crippen LogP) is 3.32. The van der Waals surface area contributed by atoms with Crippen LogP contribution in [0.3, 0.4) is 0 Å². The second-order valence-corrected chi connectivity index (χ2v) is 4.35. The van der Waals surface area contributed by atoms with Crippen molar-refractivity contribution in [3.05, 3.63) is 29.8 Å². The summed E-state index contributed by atoms with van der Waals surface area (Å²) in [5, 5.41) is 3.34. The van der Waals surface area contributed by atoms with Gasteiger partial charge in [0.1, 0.15) is 0 Å². The fourth-order valence-corrected chi connectivity index (χ4v) is 1.76. The Labute approximate surface area is 103 Å². The summed E-state index contributed by atoms with van der Waals surface area (Å²) in [5.41, 5.74) is 1.55. The van der Waals surface area contributed by atoms with E-state index in [1.54, 1.807) is 6.07 Å². The number of methoxy groups -OCH3 is 1. The van der Waals surface area contributed by atoms with Gasteiger partial charge in [0, 0.05) is 12.2 Å². The Morgan fingerprint density at radius 1 is 1.47 bits per heavy atom. The van der Waals surface area contributed by atoms with Crippen LogP contribution in [0.25, 0.3) is 0 Å². The Hall–Kier alpha value is -1.51. The molecule has 1 rings (SSSR count). The molecule has 17 heavy (non-hydrogen) atoms. The average Bonchev–Trinajstić information content (AvgIpc) is 2.36. The van der Waals surface area contributed by atoms with Crippen LogP contribution in [0, 0.1) is 5.92 Å². The number of anilines is 1. The molecule has 0 saturated heterocycles. The van der Waals surface area contributed by atoms with Gasteiger partial charge in [0.15, 0.2) is 0 Å². The van der Waals surface area contributed by atoms with Gasteiger partial charge in [0.05, 0.1) is 12.7 Å². The summed E-state index contributed by atoms with van der Waals surface area (Å²) in [5.74, 6) is 0.344. The number of esters is 1. The first-order chi connectivity index (χ1) is 8.17. The molecule has 0 aromatic heterocycles. The molecule has 1 aromatic rings. The number of nitrogens with one attached hydrogen (secondary N) is 1. The van der Waals surface area contributed by atoms with Crippen molar-refractivity contribution in [2.75, 3.05) is 19.0 Å². The Morgan fingerprint density at radius 3 is 2.88 bits per heavy atom. The number of hydrogen-bond acceptors (Lipinski definition) is 3. The number of ether oxygens (including phenoxy) is 1. The van der Waals surface area contributed by atoms with Crippen LogP contribution in [0.2, 0.25) is 0 Å². The van der Waals surface area contributed by atoms with E-state index in [1.807, 2.05) is 18.2 Å². The van der Waals surface area contributed by atoms with Gasteiger partial charge in [-0.15, -0.1) is 0 Å². The van der Waals surface area contributed by atoms with Crippen LogP contribution in [-0.4, -0.2) is 19.6 Å². The van der Waals surface area contributed by atoms with Gasteiger partial charge in [-0.25, -0.2) is 4.79 Å². The molecular weight excluding hydrogens is 214 g/mol. The van der Waals surface area contributed by atoms with E-state index in [0.29, 0.717) is 11.5 Å². The molecule has 1 N–H and O–H groups in total. The van der Waals surface area contributed by atoms with Crippen LogP contribution in [-0.2, 0) is 4.74 Å². The average molecular weight is 235 g/mol. The minimum absolute atomic E-state index is 0.296. The van der Waals surface area contributed by atoms with Gasteiger partial charge in [0.2, 0.25) is 0 Å². The lowest BCUT2D eigenvalue weighted by Crippen LogP contribution is -2.11. The number of hydrogen-bond donors (Lipinski definition) is 1. The molecule has 0 bridgehead atoms. The lowest BCUT2D eigenvalue weighted by molar-refractivity contribution is 0.0601. The molecule has 0 amide bonds. The van der Waals surface area contributed by atoms with Crippen molar-refractivity contribution < 1.29 is 9.53 Å². The van der Waals surface area contributed by atoms with Crippen LogP contribution < -0.4 is 5.32 Å². The van der Waals surface area contributed by atoms with E-state index < -0.39 is 0 Å². The lowest BCUT2D eigenvalue weighted by Gasteiger charge is -2.13. The molecule has 0 fully saturated rings. The Morgan fingerprint density at radius 2 is 2.24 bits per heavy atom. The smallest absolute Gasteiger partial charge is 0.337 e. The van der Waals surface area contributed by atoms with E-state index in [0.717, 1.165) is 12.2 Å². The molecule has 0 heterocycles. The van der Waals surface area contributed by atoms with Gasteiger partial charge in [-0.2, -0.15) is 0 Å². The molecule has 0 aliphatic rings. The standard InChI is InChI=1S/C14H21NO2/c1-4-6-11(2)10-15-13-8-5-7-12(9-13)14(16)17-3/h5,7-9,11,15H,4,6,10H2,1-3H3. The summed E-state index contributed by atoms with van der Waals surface area (Å²) in [6, 6.07) is 7.40. The number of carbonyl (C=O) groups excluding carboxylic acids is 1. The second kappa shape index (κ2) is 6.94. The highest BCUT2D eigenvalue weighted by molar-refractivity contribution is 5.90. The van der Waals surface area contributed by atoms with Crippen molar-refractivity contribution in [3.8, 4) is 0 Å². The molecule has 0 radical (unpaired) electrons. The molecule has 94 valence electrons. The molecule has 1 atom stereocenters. The predicted molar refractivity (Wildman–Crippen MR) is 70.3 cm³/mol. The van der Waals surface area contributed by atoms with E-state index in [4.69, 9.17) is 0 Å². The van der Waals surface area contributed by atoms with E-state index in [2.05, 4.69) is 23.9 Å². The molecule has 0 spiro atoms. The summed E-state index contributed by atoms with van der Waals surface area (Å²) in [4.78, 5) is 11.4.